The lowest BCUT2D eigenvalue weighted by Gasteiger charge is -2.32. The average molecular weight is 329 g/mol. The molecule has 1 N–H and O–H groups in total. The van der Waals surface area contributed by atoms with Crippen molar-refractivity contribution in [3.8, 4) is 0 Å². The van der Waals surface area contributed by atoms with E-state index in [-0.39, 0.29) is 6.03 Å². The fraction of sp³-hybridized carbons (Fsp3) is 0.556. The van der Waals surface area contributed by atoms with E-state index in [0.717, 1.165) is 37.1 Å². The van der Waals surface area contributed by atoms with Crippen LogP contribution in [0.1, 0.15) is 50.0 Å². The first-order valence-corrected chi connectivity index (χ1v) is 9.51. The summed E-state index contributed by atoms with van der Waals surface area (Å²) >= 11 is 1.77. The highest BCUT2D eigenvalue weighted by Crippen LogP contribution is 2.43. The molecule has 1 aliphatic heterocycles. The van der Waals surface area contributed by atoms with Crippen LogP contribution in [-0.4, -0.2) is 29.0 Å². The van der Waals surface area contributed by atoms with Crippen molar-refractivity contribution in [3.63, 3.8) is 0 Å². The maximum absolute atomic E-state index is 12.5. The molecule has 1 aromatic heterocycles. The van der Waals surface area contributed by atoms with Gasteiger partial charge in [-0.3, -0.25) is 0 Å². The molecular weight excluding hydrogens is 306 g/mol. The van der Waals surface area contributed by atoms with Gasteiger partial charge in [0.25, 0.3) is 0 Å². The molecule has 0 unspecified atom stereocenters. The van der Waals surface area contributed by atoms with Gasteiger partial charge >= 0.3 is 6.03 Å². The Morgan fingerprint density at radius 2 is 2.26 bits per heavy atom. The number of piperidine rings is 1. The Morgan fingerprint density at radius 1 is 1.39 bits per heavy atom. The van der Waals surface area contributed by atoms with Crippen LogP contribution in [0, 0.1) is 5.92 Å². The van der Waals surface area contributed by atoms with Gasteiger partial charge in [-0.1, -0.05) is 13.3 Å². The summed E-state index contributed by atoms with van der Waals surface area (Å²) in [5, 5.41) is 4.32. The van der Waals surface area contributed by atoms with Crippen LogP contribution in [-0.2, 0) is 0 Å². The molecule has 2 aliphatic rings. The standard InChI is InChI=1S/C18H23N3OS/c1-2-12-4-3-9-21(11-12)18(22)19-14-7-8-15-16(10-14)23-17(20-15)13-5-6-13/h7-8,10,12-13H,2-6,9,11H2,1H3,(H,19,22)/t12-/m0/s1. The molecule has 2 aromatic rings. The van der Waals surface area contributed by atoms with Crippen LogP contribution in [0.5, 0.6) is 0 Å². The molecular formula is C18H23N3OS. The van der Waals surface area contributed by atoms with E-state index in [0.29, 0.717) is 11.8 Å². The number of nitrogens with one attached hydrogen (secondary N) is 1. The largest absolute Gasteiger partial charge is 0.324 e. The maximum Gasteiger partial charge on any atom is 0.321 e. The van der Waals surface area contributed by atoms with E-state index in [1.54, 1.807) is 11.3 Å². The van der Waals surface area contributed by atoms with Crippen LogP contribution >= 0.6 is 11.3 Å². The molecule has 2 amide bonds. The fourth-order valence-corrected chi connectivity index (χ4v) is 4.49. The van der Waals surface area contributed by atoms with Crippen molar-refractivity contribution in [2.24, 2.45) is 5.92 Å². The van der Waals surface area contributed by atoms with E-state index in [4.69, 9.17) is 4.98 Å². The second-order valence-electron chi connectivity index (χ2n) is 6.80. The second-order valence-corrected chi connectivity index (χ2v) is 7.86. The molecule has 2 fully saturated rings. The molecule has 4 nitrogen and oxygen atoms in total. The Bertz CT molecular complexity index is 722. The Balaban J connectivity index is 1.47. The van der Waals surface area contributed by atoms with Gasteiger partial charge in [0.1, 0.15) is 0 Å². The Labute approximate surface area is 140 Å². The highest BCUT2D eigenvalue weighted by atomic mass is 32.1. The third-order valence-electron chi connectivity index (χ3n) is 4.97. The molecule has 0 spiro atoms. The van der Waals surface area contributed by atoms with Crippen LogP contribution in [0.3, 0.4) is 0 Å². The van der Waals surface area contributed by atoms with E-state index in [2.05, 4.69) is 18.3 Å². The monoisotopic (exact) mass is 329 g/mol. The van der Waals surface area contributed by atoms with Gasteiger partial charge in [0.05, 0.1) is 15.2 Å². The lowest BCUT2D eigenvalue weighted by molar-refractivity contribution is 0.176. The first-order valence-electron chi connectivity index (χ1n) is 8.69. The number of urea groups is 1. The number of thiazole rings is 1. The summed E-state index contributed by atoms with van der Waals surface area (Å²) in [6.45, 7) is 3.97. The molecule has 1 atom stereocenters. The van der Waals surface area contributed by atoms with Gasteiger partial charge in [-0.15, -0.1) is 11.3 Å². The van der Waals surface area contributed by atoms with Crippen LogP contribution in [0.25, 0.3) is 10.2 Å². The van der Waals surface area contributed by atoms with E-state index < -0.39 is 0 Å². The van der Waals surface area contributed by atoms with Crippen molar-refractivity contribution in [2.75, 3.05) is 18.4 Å². The number of hydrogen-bond acceptors (Lipinski definition) is 3. The van der Waals surface area contributed by atoms with Gasteiger partial charge in [0, 0.05) is 24.7 Å². The Kier molecular flexibility index (Phi) is 3.97. The van der Waals surface area contributed by atoms with Crippen molar-refractivity contribution in [1.82, 2.24) is 9.88 Å². The topological polar surface area (TPSA) is 45.2 Å². The highest BCUT2D eigenvalue weighted by molar-refractivity contribution is 7.18. The molecule has 0 radical (unpaired) electrons. The van der Waals surface area contributed by atoms with E-state index in [1.165, 1.54) is 29.0 Å². The van der Waals surface area contributed by atoms with E-state index in [1.807, 2.05) is 17.0 Å². The van der Waals surface area contributed by atoms with Gasteiger partial charge in [0.15, 0.2) is 0 Å². The molecule has 4 rings (SSSR count). The van der Waals surface area contributed by atoms with E-state index in [9.17, 15) is 4.79 Å². The SMILES string of the molecule is CC[C@H]1CCCN(C(=O)Nc2ccc3nc(C4CC4)sc3c2)C1. The quantitative estimate of drug-likeness (QED) is 0.877. The van der Waals surface area contributed by atoms with Gasteiger partial charge in [-0.2, -0.15) is 0 Å². The molecule has 1 aliphatic carbocycles. The van der Waals surface area contributed by atoms with Crippen molar-refractivity contribution in [2.45, 2.75) is 44.9 Å². The summed E-state index contributed by atoms with van der Waals surface area (Å²) in [5.74, 6) is 1.34. The molecule has 0 bridgehead atoms. The molecule has 1 aromatic carbocycles. The number of likely N-dealkylation sites (tertiary alicyclic amines) is 1. The van der Waals surface area contributed by atoms with Crippen LogP contribution in [0.15, 0.2) is 18.2 Å². The Morgan fingerprint density at radius 3 is 3.04 bits per heavy atom. The number of carbonyl (C=O) groups excluding carboxylic acids is 1. The van der Waals surface area contributed by atoms with Crippen molar-refractivity contribution < 1.29 is 4.79 Å². The number of nitrogens with zero attached hydrogens (tertiary/aromatic N) is 2. The van der Waals surface area contributed by atoms with E-state index >= 15 is 0 Å². The lowest BCUT2D eigenvalue weighted by Crippen LogP contribution is -2.42. The third kappa shape index (κ3) is 3.20. The number of aromatic nitrogens is 1. The van der Waals surface area contributed by atoms with Crippen molar-refractivity contribution in [3.05, 3.63) is 23.2 Å². The van der Waals surface area contributed by atoms with Gasteiger partial charge in [-0.25, -0.2) is 9.78 Å². The second kappa shape index (κ2) is 6.11. The van der Waals surface area contributed by atoms with Crippen LogP contribution in [0.4, 0.5) is 10.5 Å². The number of benzene rings is 1. The summed E-state index contributed by atoms with van der Waals surface area (Å²) in [6.07, 6.45) is 6.07. The summed E-state index contributed by atoms with van der Waals surface area (Å²) < 4.78 is 1.18. The molecule has 1 saturated carbocycles. The summed E-state index contributed by atoms with van der Waals surface area (Å²) in [4.78, 5) is 19.2. The summed E-state index contributed by atoms with van der Waals surface area (Å²) in [5.41, 5.74) is 1.94. The number of anilines is 1. The minimum absolute atomic E-state index is 0.0365. The summed E-state index contributed by atoms with van der Waals surface area (Å²) in [6, 6.07) is 6.10. The Hall–Kier alpha value is -1.62. The zero-order chi connectivity index (χ0) is 15.8. The molecule has 2 heterocycles. The number of fused-ring (bicyclic) bond motifs is 1. The molecule has 1 saturated heterocycles. The first-order chi connectivity index (χ1) is 11.2. The average Bonchev–Trinajstić information content (AvgIpc) is 3.34. The van der Waals surface area contributed by atoms with Gasteiger partial charge in [-0.05, 0) is 49.8 Å². The lowest BCUT2D eigenvalue weighted by atomic mass is 9.96. The summed E-state index contributed by atoms with van der Waals surface area (Å²) in [7, 11) is 0. The number of carbonyl (C=O) groups is 1. The van der Waals surface area contributed by atoms with Gasteiger partial charge in [0.2, 0.25) is 0 Å². The smallest absolute Gasteiger partial charge is 0.321 e. The van der Waals surface area contributed by atoms with Crippen LogP contribution < -0.4 is 5.32 Å². The predicted octanol–water partition coefficient (Wildman–Crippen LogP) is 4.83. The molecule has 23 heavy (non-hydrogen) atoms. The molecule has 5 heteroatoms. The number of rotatable bonds is 3. The van der Waals surface area contributed by atoms with Crippen molar-refractivity contribution in [1.29, 1.82) is 0 Å². The molecule has 122 valence electrons. The number of hydrogen-bond donors (Lipinski definition) is 1. The highest BCUT2D eigenvalue weighted by Gasteiger charge is 2.27. The minimum Gasteiger partial charge on any atom is -0.324 e. The van der Waals surface area contributed by atoms with Crippen LogP contribution in [0.2, 0.25) is 0 Å². The zero-order valence-corrected chi connectivity index (χ0v) is 14.4. The number of amides is 2. The first kappa shape index (κ1) is 14.9. The predicted molar refractivity (Wildman–Crippen MR) is 95.2 cm³/mol. The third-order valence-corrected chi connectivity index (χ3v) is 6.15. The fourth-order valence-electron chi connectivity index (χ4n) is 3.31. The maximum atomic E-state index is 12.5. The minimum atomic E-state index is 0.0365. The normalized spacial score (nSPS) is 21.6. The van der Waals surface area contributed by atoms with Crippen molar-refractivity contribution >= 4 is 33.3 Å². The zero-order valence-electron chi connectivity index (χ0n) is 13.5. The van der Waals surface area contributed by atoms with Gasteiger partial charge < -0.3 is 10.2 Å².